The number of rotatable bonds is 2. The van der Waals surface area contributed by atoms with Crippen molar-refractivity contribution in [2.75, 3.05) is 11.4 Å². The highest BCUT2D eigenvalue weighted by molar-refractivity contribution is 5.96. The topological polar surface area (TPSA) is 20.3 Å². The summed E-state index contributed by atoms with van der Waals surface area (Å²) in [5, 5.41) is 0. The van der Waals surface area contributed by atoms with E-state index in [1.54, 1.807) is 18.2 Å². The lowest BCUT2D eigenvalue weighted by Crippen LogP contribution is -2.39. The predicted octanol–water partition coefficient (Wildman–Crippen LogP) is 3.22. The van der Waals surface area contributed by atoms with Crippen molar-refractivity contribution in [2.45, 2.75) is 27.7 Å². The molecule has 0 aliphatic rings. The van der Waals surface area contributed by atoms with Crippen LogP contribution in [0.4, 0.5) is 10.1 Å². The maximum Gasteiger partial charge on any atom is 0.232 e. The summed E-state index contributed by atoms with van der Waals surface area (Å²) in [6.07, 6.45) is 0. The Morgan fingerprint density at radius 1 is 1.31 bits per heavy atom. The second kappa shape index (κ2) is 4.64. The lowest BCUT2D eigenvalue weighted by atomic mass is 9.94. The van der Waals surface area contributed by atoms with Crippen molar-refractivity contribution < 1.29 is 9.18 Å². The summed E-state index contributed by atoms with van der Waals surface area (Å²) in [6, 6.07) is 6.35. The number of hydrogen-bond acceptors (Lipinski definition) is 1. The molecule has 0 bridgehead atoms. The van der Waals surface area contributed by atoms with Crippen LogP contribution in [0.2, 0.25) is 0 Å². The van der Waals surface area contributed by atoms with Crippen LogP contribution in [0, 0.1) is 11.2 Å². The molecule has 1 aromatic carbocycles. The van der Waals surface area contributed by atoms with E-state index in [0.717, 1.165) is 0 Å². The lowest BCUT2D eigenvalue weighted by Gasteiger charge is -2.28. The zero-order valence-corrected chi connectivity index (χ0v) is 10.2. The van der Waals surface area contributed by atoms with Gasteiger partial charge in [-0.25, -0.2) is 4.39 Å². The second-order valence-corrected chi connectivity index (χ2v) is 4.75. The normalized spacial score (nSPS) is 11.3. The molecule has 88 valence electrons. The van der Waals surface area contributed by atoms with Crippen molar-refractivity contribution in [1.29, 1.82) is 0 Å². The van der Waals surface area contributed by atoms with Gasteiger partial charge in [0.1, 0.15) is 5.82 Å². The van der Waals surface area contributed by atoms with E-state index in [1.165, 1.54) is 11.0 Å². The quantitative estimate of drug-likeness (QED) is 0.753. The first-order valence-corrected chi connectivity index (χ1v) is 5.44. The molecule has 0 radical (unpaired) electrons. The van der Waals surface area contributed by atoms with E-state index in [4.69, 9.17) is 0 Å². The largest absolute Gasteiger partial charge is 0.309 e. The molecule has 0 unspecified atom stereocenters. The van der Waals surface area contributed by atoms with Gasteiger partial charge in [0, 0.05) is 12.0 Å². The number of amides is 1. The number of halogens is 1. The Kier molecular flexibility index (Phi) is 3.68. The number of hydrogen-bond donors (Lipinski definition) is 0. The van der Waals surface area contributed by atoms with Gasteiger partial charge in [0.15, 0.2) is 0 Å². The van der Waals surface area contributed by atoms with Gasteiger partial charge < -0.3 is 4.90 Å². The Balaban J connectivity index is 3.09. The van der Waals surface area contributed by atoms with Crippen LogP contribution in [0.1, 0.15) is 27.7 Å². The van der Waals surface area contributed by atoms with Crippen LogP contribution in [-0.2, 0) is 4.79 Å². The van der Waals surface area contributed by atoms with Crippen molar-refractivity contribution in [3.8, 4) is 0 Å². The van der Waals surface area contributed by atoms with Crippen LogP contribution in [0.15, 0.2) is 24.3 Å². The minimum atomic E-state index is -0.502. The molecule has 3 heteroatoms. The predicted molar refractivity (Wildman–Crippen MR) is 63.9 cm³/mol. The fraction of sp³-hybridized carbons (Fsp3) is 0.462. The summed E-state index contributed by atoms with van der Waals surface area (Å²) in [6.45, 7) is 7.81. The van der Waals surface area contributed by atoms with E-state index in [2.05, 4.69) is 0 Å². The average Bonchev–Trinajstić information content (AvgIpc) is 2.20. The molecule has 0 aliphatic carbocycles. The SMILES string of the molecule is CCN(C(=O)C(C)(C)C)c1ccccc1F. The van der Waals surface area contributed by atoms with E-state index in [9.17, 15) is 9.18 Å². The van der Waals surface area contributed by atoms with Gasteiger partial charge in [-0.3, -0.25) is 4.79 Å². The monoisotopic (exact) mass is 223 g/mol. The Morgan fingerprint density at radius 3 is 2.31 bits per heavy atom. The summed E-state index contributed by atoms with van der Waals surface area (Å²) >= 11 is 0. The summed E-state index contributed by atoms with van der Waals surface area (Å²) in [5.41, 5.74) is -0.150. The van der Waals surface area contributed by atoms with Gasteiger partial charge in [0.05, 0.1) is 5.69 Å². The minimum absolute atomic E-state index is 0.0694. The first-order valence-electron chi connectivity index (χ1n) is 5.44. The van der Waals surface area contributed by atoms with Gasteiger partial charge >= 0.3 is 0 Å². The van der Waals surface area contributed by atoms with E-state index >= 15 is 0 Å². The van der Waals surface area contributed by atoms with E-state index in [0.29, 0.717) is 12.2 Å². The van der Waals surface area contributed by atoms with Crippen LogP contribution >= 0.6 is 0 Å². The van der Waals surface area contributed by atoms with Crippen molar-refractivity contribution in [2.24, 2.45) is 5.41 Å². The molecule has 0 saturated heterocycles. The number of anilines is 1. The van der Waals surface area contributed by atoms with Crippen molar-refractivity contribution in [3.63, 3.8) is 0 Å². The fourth-order valence-corrected chi connectivity index (χ4v) is 1.50. The van der Waals surface area contributed by atoms with Crippen molar-refractivity contribution in [1.82, 2.24) is 0 Å². The standard InChI is InChI=1S/C13H18FNO/c1-5-15(12(16)13(2,3)4)11-9-7-6-8-10(11)14/h6-9H,5H2,1-4H3. The first-order chi connectivity index (χ1) is 7.38. The Hall–Kier alpha value is -1.38. The summed E-state index contributed by atoms with van der Waals surface area (Å²) in [4.78, 5) is 13.6. The third kappa shape index (κ3) is 2.60. The van der Waals surface area contributed by atoms with Crippen LogP contribution in [-0.4, -0.2) is 12.5 Å². The second-order valence-electron chi connectivity index (χ2n) is 4.75. The molecule has 0 heterocycles. The third-order valence-electron chi connectivity index (χ3n) is 2.35. The van der Waals surface area contributed by atoms with Gasteiger partial charge in [0.25, 0.3) is 0 Å². The molecule has 0 N–H and O–H groups in total. The minimum Gasteiger partial charge on any atom is -0.309 e. The molecular weight excluding hydrogens is 205 g/mol. The average molecular weight is 223 g/mol. The fourth-order valence-electron chi connectivity index (χ4n) is 1.50. The van der Waals surface area contributed by atoms with Crippen LogP contribution < -0.4 is 4.90 Å². The number of benzene rings is 1. The summed E-state index contributed by atoms with van der Waals surface area (Å²) < 4.78 is 13.6. The van der Waals surface area contributed by atoms with Gasteiger partial charge in [-0.2, -0.15) is 0 Å². The molecule has 0 saturated carbocycles. The van der Waals surface area contributed by atoms with Gasteiger partial charge in [0.2, 0.25) is 5.91 Å². The number of carbonyl (C=O) groups is 1. The molecule has 0 atom stereocenters. The molecule has 0 aliphatic heterocycles. The summed E-state index contributed by atoms with van der Waals surface area (Å²) in [7, 11) is 0. The van der Waals surface area contributed by atoms with Crippen LogP contribution in [0.25, 0.3) is 0 Å². The molecule has 0 spiro atoms. The maximum absolute atomic E-state index is 13.6. The highest BCUT2D eigenvalue weighted by atomic mass is 19.1. The van der Waals surface area contributed by atoms with Crippen LogP contribution in [0.3, 0.4) is 0 Å². The number of nitrogens with zero attached hydrogens (tertiary/aromatic N) is 1. The Morgan fingerprint density at radius 2 is 1.88 bits per heavy atom. The highest BCUT2D eigenvalue weighted by Gasteiger charge is 2.28. The first kappa shape index (κ1) is 12.7. The molecule has 0 aromatic heterocycles. The van der Waals surface area contributed by atoms with Gasteiger partial charge in [-0.05, 0) is 19.1 Å². The van der Waals surface area contributed by atoms with E-state index < -0.39 is 5.41 Å². The maximum atomic E-state index is 13.6. The van der Waals surface area contributed by atoms with E-state index in [-0.39, 0.29) is 11.7 Å². The van der Waals surface area contributed by atoms with Crippen LogP contribution in [0.5, 0.6) is 0 Å². The molecule has 1 rings (SSSR count). The molecule has 0 fully saturated rings. The molecule has 1 amide bonds. The van der Waals surface area contributed by atoms with Crippen molar-refractivity contribution in [3.05, 3.63) is 30.1 Å². The van der Waals surface area contributed by atoms with Crippen molar-refractivity contribution >= 4 is 11.6 Å². The van der Waals surface area contributed by atoms with E-state index in [1.807, 2.05) is 27.7 Å². The highest BCUT2D eigenvalue weighted by Crippen LogP contribution is 2.25. The van der Waals surface area contributed by atoms with Gasteiger partial charge in [-0.15, -0.1) is 0 Å². The molecular formula is C13H18FNO. The zero-order valence-electron chi connectivity index (χ0n) is 10.2. The van der Waals surface area contributed by atoms with Gasteiger partial charge in [-0.1, -0.05) is 32.9 Å². The molecule has 16 heavy (non-hydrogen) atoms. The zero-order chi connectivity index (χ0) is 12.3. The lowest BCUT2D eigenvalue weighted by molar-refractivity contribution is -0.125. The third-order valence-corrected chi connectivity index (χ3v) is 2.35. The summed E-state index contributed by atoms with van der Waals surface area (Å²) in [5.74, 6) is -0.429. The smallest absolute Gasteiger partial charge is 0.232 e. The number of para-hydroxylation sites is 1. The Labute approximate surface area is 96.1 Å². The Bertz CT molecular complexity index is 382. The molecule has 1 aromatic rings. The molecule has 2 nitrogen and oxygen atoms in total. The number of carbonyl (C=O) groups excluding carboxylic acids is 1.